The zero-order valence-corrected chi connectivity index (χ0v) is 12.6. The Balaban J connectivity index is 1.61. The average molecular weight is 289 g/mol. The van der Waals surface area contributed by atoms with Crippen molar-refractivity contribution in [3.8, 4) is 5.75 Å². The van der Waals surface area contributed by atoms with Gasteiger partial charge in [0, 0.05) is 19.6 Å². The van der Waals surface area contributed by atoms with E-state index < -0.39 is 7.12 Å². The van der Waals surface area contributed by atoms with Crippen molar-refractivity contribution >= 4 is 20.0 Å². The second kappa shape index (κ2) is 8.44. The van der Waals surface area contributed by atoms with Crippen LogP contribution in [0.2, 0.25) is 6.82 Å². The van der Waals surface area contributed by atoms with Crippen LogP contribution in [0.5, 0.6) is 5.75 Å². The van der Waals surface area contributed by atoms with Gasteiger partial charge in [-0.25, -0.2) is 0 Å². The van der Waals surface area contributed by atoms with Gasteiger partial charge in [0.25, 0.3) is 0 Å². The molecule has 0 spiro atoms. The van der Waals surface area contributed by atoms with E-state index in [1.54, 1.807) is 24.3 Å². The average Bonchev–Trinajstić information content (AvgIpc) is 2.52. The number of rotatable bonds is 7. The van der Waals surface area contributed by atoms with Crippen molar-refractivity contribution in [3.63, 3.8) is 0 Å². The van der Waals surface area contributed by atoms with E-state index in [1.807, 2.05) is 0 Å². The quantitative estimate of drug-likeness (QED) is 0.519. The highest BCUT2D eigenvalue weighted by molar-refractivity contribution is 6.58. The van der Waals surface area contributed by atoms with Gasteiger partial charge in [0.1, 0.15) is 5.75 Å². The van der Waals surface area contributed by atoms with Crippen LogP contribution in [0.4, 0.5) is 0 Å². The Bertz CT molecular complexity index is 409. The van der Waals surface area contributed by atoms with Crippen molar-refractivity contribution in [2.24, 2.45) is 0 Å². The lowest BCUT2D eigenvalue weighted by Crippen LogP contribution is -2.47. The van der Waals surface area contributed by atoms with Gasteiger partial charge in [-0.15, -0.1) is 0 Å². The van der Waals surface area contributed by atoms with Crippen molar-refractivity contribution in [2.45, 2.75) is 13.2 Å². The molecule has 1 aromatic rings. The molecule has 0 aliphatic carbocycles. The van der Waals surface area contributed by atoms with Crippen LogP contribution < -0.4 is 10.2 Å². The Morgan fingerprint density at radius 3 is 2.38 bits per heavy atom. The topological polar surface area (TPSA) is 56.2 Å². The second-order valence-electron chi connectivity index (χ2n) is 5.28. The summed E-state index contributed by atoms with van der Waals surface area (Å²) in [5, 5.41) is 18.0. The van der Waals surface area contributed by atoms with Crippen LogP contribution in [0.15, 0.2) is 24.3 Å². The van der Waals surface area contributed by atoms with E-state index in [0.717, 1.165) is 44.9 Å². The van der Waals surface area contributed by atoms with E-state index >= 15 is 0 Å². The van der Waals surface area contributed by atoms with Crippen LogP contribution in [0.25, 0.3) is 0 Å². The number of ether oxygens (including phenoxy) is 1. The zero-order valence-electron chi connectivity index (χ0n) is 12.6. The van der Waals surface area contributed by atoms with Gasteiger partial charge < -0.3 is 24.5 Å². The third-order valence-corrected chi connectivity index (χ3v) is 3.84. The summed E-state index contributed by atoms with van der Waals surface area (Å²) in [5.74, 6) is 0.768. The molecule has 1 aliphatic rings. The summed E-state index contributed by atoms with van der Waals surface area (Å²) in [4.78, 5) is 4.82. The van der Waals surface area contributed by atoms with E-state index in [0.29, 0.717) is 12.1 Å². The van der Waals surface area contributed by atoms with Crippen LogP contribution >= 0.6 is 0 Å². The molecule has 21 heavy (non-hydrogen) atoms. The molecule has 0 unspecified atom stereocenters. The first-order valence-corrected chi connectivity index (χ1v) is 7.54. The Morgan fingerprint density at radius 1 is 1.14 bits per heavy atom. The van der Waals surface area contributed by atoms with Gasteiger partial charge in [0.15, 0.2) is 0 Å². The van der Waals surface area contributed by atoms with Crippen LogP contribution in [-0.4, -0.2) is 73.6 Å². The highest BCUT2D eigenvalue weighted by Crippen LogP contribution is 2.08. The Kier molecular flexibility index (Phi) is 6.57. The first kappa shape index (κ1) is 16.4. The summed E-state index contributed by atoms with van der Waals surface area (Å²) in [6, 6.07) is 6.87. The standard InChI is InChI=1S/C14H23B2N2O3/c1-15-18-10-8-17(9-11-18)7-2-12-21-14-5-3-13(4-6-14)16(19)20/h3-6,19-20H,2,7-12H2,1H3. The monoisotopic (exact) mass is 289 g/mol. The molecular formula is C14H23B2N2O3. The molecule has 113 valence electrons. The van der Waals surface area contributed by atoms with E-state index in [-0.39, 0.29) is 0 Å². The predicted octanol–water partition coefficient (Wildman–Crippen LogP) is -0.580. The maximum Gasteiger partial charge on any atom is 0.488 e. The van der Waals surface area contributed by atoms with E-state index in [4.69, 9.17) is 14.8 Å². The predicted molar refractivity (Wildman–Crippen MR) is 86.0 cm³/mol. The number of hydrogen-bond donors (Lipinski definition) is 2. The molecule has 1 aromatic carbocycles. The van der Waals surface area contributed by atoms with Gasteiger partial charge in [-0.2, -0.15) is 0 Å². The smallest absolute Gasteiger partial charge is 0.488 e. The molecule has 1 radical (unpaired) electrons. The lowest BCUT2D eigenvalue weighted by molar-refractivity contribution is 0.175. The number of piperazine rings is 1. The molecule has 7 heteroatoms. The summed E-state index contributed by atoms with van der Waals surface area (Å²) in [7, 11) is 0.742. The molecule has 2 N–H and O–H groups in total. The Hall–Kier alpha value is -1.01. The molecule has 0 atom stereocenters. The van der Waals surface area contributed by atoms with Gasteiger partial charge in [-0.1, -0.05) is 19.0 Å². The van der Waals surface area contributed by atoms with E-state index in [9.17, 15) is 0 Å². The second-order valence-corrected chi connectivity index (χ2v) is 5.28. The van der Waals surface area contributed by atoms with Crippen LogP contribution in [0, 0.1) is 0 Å². The van der Waals surface area contributed by atoms with Crippen molar-refractivity contribution in [2.75, 3.05) is 39.3 Å². The Morgan fingerprint density at radius 2 is 1.81 bits per heavy atom. The maximum absolute atomic E-state index is 9.01. The minimum Gasteiger partial charge on any atom is -0.494 e. The zero-order chi connectivity index (χ0) is 15.1. The van der Waals surface area contributed by atoms with Crippen LogP contribution in [-0.2, 0) is 0 Å². The normalized spacial score (nSPS) is 16.7. The van der Waals surface area contributed by atoms with Gasteiger partial charge in [0.2, 0.25) is 7.41 Å². The van der Waals surface area contributed by atoms with Crippen molar-refractivity contribution in [3.05, 3.63) is 24.3 Å². The van der Waals surface area contributed by atoms with Crippen molar-refractivity contribution in [1.82, 2.24) is 9.71 Å². The van der Waals surface area contributed by atoms with Crippen LogP contribution in [0.3, 0.4) is 0 Å². The summed E-state index contributed by atoms with van der Waals surface area (Å²) in [6.45, 7) is 8.29. The summed E-state index contributed by atoms with van der Waals surface area (Å²) in [6.07, 6.45) is 1.00. The molecule has 0 amide bonds. The third kappa shape index (κ3) is 5.36. The highest BCUT2D eigenvalue weighted by Gasteiger charge is 2.15. The summed E-state index contributed by atoms with van der Waals surface area (Å²) < 4.78 is 5.67. The fraction of sp³-hybridized carbons (Fsp3) is 0.571. The van der Waals surface area contributed by atoms with E-state index in [1.165, 1.54) is 0 Å². The largest absolute Gasteiger partial charge is 0.494 e. The van der Waals surface area contributed by atoms with Gasteiger partial charge in [0.05, 0.1) is 6.61 Å². The molecule has 5 nitrogen and oxygen atoms in total. The fourth-order valence-corrected chi connectivity index (χ4v) is 2.46. The first-order valence-electron chi connectivity index (χ1n) is 7.54. The number of nitrogens with zero attached hydrogens (tertiary/aromatic N) is 2. The van der Waals surface area contributed by atoms with Gasteiger partial charge in [-0.05, 0) is 37.1 Å². The minimum atomic E-state index is -1.42. The molecule has 1 saturated heterocycles. The molecule has 1 aliphatic heterocycles. The SMILES string of the molecule is C[B]N1CCN(CCCOc2ccc(B(O)O)cc2)CC1. The maximum atomic E-state index is 9.01. The molecular weight excluding hydrogens is 266 g/mol. The first-order chi connectivity index (χ1) is 10.2. The minimum absolute atomic E-state index is 0.480. The van der Waals surface area contributed by atoms with E-state index in [2.05, 4.69) is 23.9 Å². The lowest BCUT2D eigenvalue weighted by atomic mass is 9.80. The molecule has 1 heterocycles. The molecule has 0 aromatic heterocycles. The Labute approximate surface area is 127 Å². The van der Waals surface area contributed by atoms with Crippen LogP contribution in [0.1, 0.15) is 6.42 Å². The number of hydrogen-bond acceptors (Lipinski definition) is 5. The van der Waals surface area contributed by atoms with Gasteiger partial charge in [-0.3, -0.25) is 0 Å². The summed E-state index contributed by atoms with van der Waals surface area (Å²) >= 11 is 0. The molecule has 1 fully saturated rings. The molecule has 0 saturated carbocycles. The molecule has 2 rings (SSSR count). The molecule has 0 bridgehead atoms. The van der Waals surface area contributed by atoms with Crippen molar-refractivity contribution < 1.29 is 14.8 Å². The fourth-order valence-electron chi connectivity index (χ4n) is 2.46. The van der Waals surface area contributed by atoms with Gasteiger partial charge >= 0.3 is 7.12 Å². The van der Waals surface area contributed by atoms with Crippen molar-refractivity contribution in [1.29, 1.82) is 0 Å². The lowest BCUT2D eigenvalue weighted by Gasteiger charge is -2.34. The summed E-state index contributed by atoms with van der Waals surface area (Å²) in [5.41, 5.74) is 0.480. The third-order valence-electron chi connectivity index (χ3n) is 3.84. The number of benzene rings is 1. The highest BCUT2D eigenvalue weighted by atomic mass is 16.5.